The number of hydrogen-bond acceptors (Lipinski definition) is 3. The van der Waals surface area contributed by atoms with Crippen molar-refractivity contribution in [1.82, 2.24) is 9.21 Å². The Hall–Kier alpha value is -1.64. The molecule has 0 bridgehead atoms. The lowest BCUT2D eigenvalue weighted by atomic mass is 10.2. The molecular weight excluding hydrogens is 445 g/mol. The molecule has 6 nitrogen and oxygen atoms in total. The molecule has 1 saturated heterocycles. The van der Waals surface area contributed by atoms with Gasteiger partial charge in [-0.15, -0.1) is 0 Å². The summed E-state index contributed by atoms with van der Waals surface area (Å²) in [5.41, 5.74) is 1.07. The standard InChI is InChI=1S/C21H25Cl2N3O3S/c1-16(21(27)24(2)15-17-6-4-3-5-7-17)25-10-12-26(13-11-25)30(28,29)20-14-18(22)8-9-19(20)23/h3-9,14,16H,10-13,15H2,1-2H3/p+1/t16-/m1/s1. The van der Waals surface area contributed by atoms with Gasteiger partial charge in [-0.2, -0.15) is 4.31 Å². The third-order valence-corrected chi connectivity index (χ3v) is 8.11. The molecule has 0 aliphatic carbocycles. The van der Waals surface area contributed by atoms with Crippen LogP contribution in [0.4, 0.5) is 0 Å². The van der Waals surface area contributed by atoms with E-state index in [1.807, 2.05) is 37.3 Å². The SMILES string of the molecule is C[C@H](C(=O)N(C)Cc1ccccc1)[NH+]1CCN(S(=O)(=O)c2cc(Cl)ccc2Cl)CC1. The number of halogens is 2. The number of carbonyl (C=O) groups is 1. The van der Waals surface area contributed by atoms with Crippen molar-refractivity contribution in [1.29, 1.82) is 0 Å². The summed E-state index contributed by atoms with van der Waals surface area (Å²) in [6.07, 6.45) is 0. The van der Waals surface area contributed by atoms with Gasteiger partial charge >= 0.3 is 0 Å². The number of likely N-dealkylation sites (N-methyl/N-ethyl adjacent to an activating group) is 1. The molecular formula is C21H26Cl2N3O3S+. The highest BCUT2D eigenvalue weighted by Crippen LogP contribution is 2.27. The molecule has 1 aliphatic rings. The average Bonchev–Trinajstić information content (AvgIpc) is 2.75. The second-order valence-corrected chi connectivity index (χ2v) is 10.3. The first-order chi connectivity index (χ1) is 14.2. The van der Waals surface area contributed by atoms with Gasteiger partial charge in [0.1, 0.15) is 4.90 Å². The largest absolute Gasteiger partial charge is 0.336 e. The van der Waals surface area contributed by atoms with Gasteiger partial charge in [0.05, 0.1) is 31.2 Å². The highest BCUT2D eigenvalue weighted by molar-refractivity contribution is 7.89. The van der Waals surface area contributed by atoms with E-state index in [4.69, 9.17) is 23.2 Å². The molecule has 3 rings (SSSR count). The van der Waals surface area contributed by atoms with Crippen molar-refractivity contribution in [2.75, 3.05) is 33.2 Å². The Kier molecular flexibility index (Phi) is 7.42. The van der Waals surface area contributed by atoms with E-state index in [0.717, 1.165) is 10.5 Å². The van der Waals surface area contributed by atoms with Crippen LogP contribution < -0.4 is 4.90 Å². The van der Waals surface area contributed by atoms with Crippen LogP contribution in [0.3, 0.4) is 0 Å². The van der Waals surface area contributed by atoms with E-state index in [1.165, 1.54) is 16.4 Å². The normalized spacial score (nSPS) is 16.9. The smallest absolute Gasteiger partial charge is 0.280 e. The van der Waals surface area contributed by atoms with Gasteiger partial charge in [0.2, 0.25) is 10.0 Å². The van der Waals surface area contributed by atoms with Crippen LogP contribution in [0.15, 0.2) is 53.4 Å². The predicted molar refractivity (Wildman–Crippen MR) is 118 cm³/mol. The maximum atomic E-state index is 13.0. The van der Waals surface area contributed by atoms with E-state index < -0.39 is 10.0 Å². The number of nitrogens with one attached hydrogen (secondary N) is 1. The van der Waals surface area contributed by atoms with E-state index in [0.29, 0.717) is 37.7 Å². The van der Waals surface area contributed by atoms with Gasteiger partial charge in [0.25, 0.3) is 5.91 Å². The summed E-state index contributed by atoms with van der Waals surface area (Å²) in [5, 5.41) is 0.475. The number of carbonyl (C=O) groups excluding carboxylic acids is 1. The third-order valence-electron chi connectivity index (χ3n) is 5.50. The summed E-state index contributed by atoms with van der Waals surface area (Å²) >= 11 is 12.1. The van der Waals surface area contributed by atoms with Crippen molar-refractivity contribution >= 4 is 39.1 Å². The minimum atomic E-state index is -3.73. The van der Waals surface area contributed by atoms with E-state index in [-0.39, 0.29) is 21.9 Å². The first-order valence-corrected chi connectivity index (χ1v) is 12.0. The molecule has 1 atom stereocenters. The Balaban J connectivity index is 1.61. The van der Waals surface area contributed by atoms with Crippen LogP contribution >= 0.6 is 23.2 Å². The Morgan fingerprint density at radius 1 is 1.13 bits per heavy atom. The molecule has 1 amide bonds. The zero-order valence-electron chi connectivity index (χ0n) is 17.0. The van der Waals surface area contributed by atoms with Crippen molar-refractivity contribution in [2.45, 2.75) is 24.4 Å². The highest BCUT2D eigenvalue weighted by atomic mass is 35.5. The summed E-state index contributed by atoms with van der Waals surface area (Å²) < 4.78 is 27.4. The summed E-state index contributed by atoms with van der Waals surface area (Å²) in [5.74, 6) is 0.0445. The Morgan fingerprint density at radius 3 is 2.40 bits per heavy atom. The van der Waals surface area contributed by atoms with E-state index in [9.17, 15) is 13.2 Å². The summed E-state index contributed by atoms with van der Waals surface area (Å²) in [6.45, 7) is 4.18. The average molecular weight is 471 g/mol. The predicted octanol–water partition coefficient (Wildman–Crippen LogP) is 1.93. The van der Waals surface area contributed by atoms with Crippen LogP contribution in [0.5, 0.6) is 0 Å². The zero-order chi connectivity index (χ0) is 21.9. The molecule has 1 aliphatic heterocycles. The molecule has 2 aromatic rings. The molecule has 0 aromatic heterocycles. The molecule has 1 fully saturated rings. The molecule has 30 heavy (non-hydrogen) atoms. The lowest BCUT2D eigenvalue weighted by Crippen LogP contribution is -3.19. The molecule has 9 heteroatoms. The fraction of sp³-hybridized carbons (Fsp3) is 0.381. The third kappa shape index (κ3) is 5.15. The van der Waals surface area contributed by atoms with Crippen molar-refractivity contribution in [3.63, 3.8) is 0 Å². The van der Waals surface area contributed by atoms with Crippen LogP contribution in [0.1, 0.15) is 12.5 Å². The van der Waals surface area contributed by atoms with Crippen LogP contribution in [0.2, 0.25) is 10.0 Å². The lowest BCUT2D eigenvalue weighted by Gasteiger charge is -2.35. The summed E-state index contributed by atoms with van der Waals surface area (Å²) in [6, 6.07) is 14.0. The molecule has 2 aromatic carbocycles. The van der Waals surface area contributed by atoms with Crippen molar-refractivity contribution in [3.05, 3.63) is 64.1 Å². The van der Waals surface area contributed by atoms with Crippen LogP contribution in [-0.4, -0.2) is 62.8 Å². The number of hydrogen-bond donors (Lipinski definition) is 1. The van der Waals surface area contributed by atoms with E-state index in [1.54, 1.807) is 18.0 Å². The van der Waals surface area contributed by atoms with Gasteiger partial charge in [-0.25, -0.2) is 8.42 Å². The number of sulfonamides is 1. The molecule has 1 N–H and O–H groups in total. The highest BCUT2D eigenvalue weighted by Gasteiger charge is 2.36. The maximum Gasteiger partial charge on any atom is 0.280 e. The van der Waals surface area contributed by atoms with Gasteiger partial charge in [-0.1, -0.05) is 53.5 Å². The number of rotatable bonds is 6. The number of amides is 1. The number of quaternary nitrogens is 1. The molecule has 0 spiro atoms. The summed E-state index contributed by atoms with van der Waals surface area (Å²) in [4.78, 5) is 15.7. The topological polar surface area (TPSA) is 62.1 Å². The Bertz CT molecular complexity index is 994. The van der Waals surface area contributed by atoms with Gasteiger partial charge in [0.15, 0.2) is 6.04 Å². The lowest BCUT2D eigenvalue weighted by molar-refractivity contribution is -0.918. The maximum absolute atomic E-state index is 13.0. The quantitative estimate of drug-likeness (QED) is 0.701. The Morgan fingerprint density at radius 2 is 1.77 bits per heavy atom. The van der Waals surface area contributed by atoms with Gasteiger partial charge in [-0.3, -0.25) is 4.79 Å². The van der Waals surface area contributed by atoms with E-state index >= 15 is 0 Å². The fourth-order valence-corrected chi connectivity index (χ4v) is 5.88. The minimum Gasteiger partial charge on any atom is -0.336 e. The van der Waals surface area contributed by atoms with Gasteiger partial charge < -0.3 is 9.80 Å². The number of benzene rings is 2. The fourth-order valence-electron chi connectivity index (χ4n) is 3.70. The number of piperazine rings is 1. The van der Waals surface area contributed by atoms with E-state index in [2.05, 4.69) is 0 Å². The van der Waals surface area contributed by atoms with Crippen molar-refractivity contribution in [3.8, 4) is 0 Å². The molecule has 0 saturated carbocycles. The molecule has 0 radical (unpaired) electrons. The Labute approximate surface area is 188 Å². The monoisotopic (exact) mass is 470 g/mol. The zero-order valence-corrected chi connectivity index (χ0v) is 19.3. The minimum absolute atomic E-state index is 0.0202. The number of nitrogens with zero attached hydrogens (tertiary/aromatic N) is 2. The van der Waals surface area contributed by atoms with Gasteiger partial charge in [0, 0.05) is 18.6 Å². The molecule has 1 heterocycles. The van der Waals surface area contributed by atoms with Crippen LogP contribution in [0, 0.1) is 0 Å². The molecule has 162 valence electrons. The second kappa shape index (κ2) is 9.66. The first-order valence-electron chi connectivity index (χ1n) is 9.79. The van der Waals surface area contributed by atoms with Gasteiger partial charge in [-0.05, 0) is 30.7 Å². The van der Waals surface area contributed by atoms with Crippen LogP contribution in [-0.2, 0) is 21.4 Å². The molecule has 0 unspecified atom stereocenters. The second-order valence-electron chi connectivity index (χ2n) is 7.54. The van der Waals surface area contributed by atoms with Crippen molar-refractivity contribution < 1.29 is 18.1 Å². The van der Waals surface area contributed by atoms with Crippen LogP contribution in [0.25, 0.3) is 0 Å². The summed E-state index contributed by atoms with van der Waals surface area (Å²) in [7, 11) is -1.93. The first kappa shape index (κ1) is 23.0. The van der Waals surface area contributed by atoms with Crippen molar-refractivity contribution in [2.24, 2.45) is 0 Å².